The molecule has 1 amide bonds. The molecule has 2 heterocycles. The van der Waals surface area contributed by atoms with Crippen LogP contribution in [0.4, 0.5) is 0 Å². The monoisotopic (exact) mass is 421 g/mol. The fourth-order valence-electron chi connectivity index (χ4n) is 3.51. The summed E-state index contributed by atoms with van der Waals surface area (Å²) in [6.45, 7) is 4.23. The molecule has 2 aromatic rings. The number of carbonyl (C=O) groups is 1. The molecule has 1 saturated heterocycles. The third-order valence-electron chi connectivity index (χ3n) is 5.15. The van der Waals surface area contributed by atoms with E-state index in [1.165, 1.54) is 0 Å². The summed E-state index contributed by atoms with van der Waals surface area (Å²) in [5.74, 6) is 0.0886. The van der Waals surface area contributed by atoms with Crippen molar-refractivity contribution in [2.45, 2.75) is 39.2 Å². The molecule has 9 nitrogen and oxygen atoms in total. The van der Waals surface area contributed by atoms with Crippen LogP contribution in [0.25, 0.3) is 5.69 Å². The van der Waals surface area contributed by atoms with E-state index in [9.17, 15) is 13.2 Å². The summed E-state index contributed by atoms with van der Waals surface area (Å²) < 4.78 is 33.4. The van der Waals surface area contributed by atoms with E-state index in [-0.39, 0.29) is 24.0 Å². The Bertz CT molecular complexity index is 973. The minimum absolute atomic E-state index is 0.00876. The van der Waals surface area contributed by atoms with E-state index in [1.807, 2.05) is 25.1 Å². The van der Waals surface area contributed by atoms with Gasteiger partial charge in [-0.25, -0.2) is 13.1 Å². The minimum Gasteiger partial charge on any atom is -0.497 e. The molecule has 0 radical (unpaired) electrons. The molecule has 0 saturated carbocycles. The summed E-state index contributed by atoms with van der Waals surface area (Å²) in [5.41, 5.74) is 1.44. The van der Waals surface area contributed by atoms with E-state index in [1.54, 1.807) is 29.1 Å². The van der Waals surface area contributed by atoms with Crippen molar-refractivity contribution < 1.29 is 17.9 Å². The number of sulfonamides is 1. The summed E-state index contributed by atoms with van der Waals surface area (Å²) in [5, 5.41) is 10.7. The smallest absolute Gasteiger partial charge is 0.273 e. The van der Waals surface area contributed by atoms with Gasteiger partial charge in [0.25, 0.3) is 5.91 Å². The average molecular weight is 422 g/mol. The fraction of sp³-hybridized carbons (Fsp3) is 0.526. The van der Waals surface area contributed by atoms with Gasteiger partial charge in [-0.05, 0) is 38.8 Å². The zero-order valence-corrected chi connectivity index (χ0v) is 17.8. The van der Waals surface area contributed by atoms with Crippen molar-refractivity contribution in [3.8, 4) is 11.4 Å². The van der Waals surface area contributed by atoms with Gasteiger partial charge in [-0.15, -0.1) is 5.10 Å². The molecule has 0 bridgehead atoms. The van der Waals surface area contributed by atoms with Gasteiger partial charge in [0.2, 0.25) is 10.0 Å². The van der Waals surface area contributed by atoms with Crippen LogP contribution in [0.3, 0.4) is 0 Å². The molecule has 1 fully saturated rings. The maximum Gasteiger partial charge on any atom is 0.273 e. The van der Waals surface area contributed by atoms with Crippen molar-refractivity contribution >= 4 is 15.9 Å². The average Bonchev–Trinajstić information content (AvgIpc) is 3.09. The van der Waals surface area contributed by atoms with Gasteiger partial charge >= 0.3 is 0 Å². The Morgan fingerprint density at radius 3 is 2.86 bits per heavy atom. The number of nitrogens with one attached hydrogen (secondary N) is 1. The van der Waals surface area contributed by atoms with Gasteiger partial charge < -0.3 is 10.1 Å². The van der Waals surface area contributed by atoms with Crippen LogP contribution in [0.1, 0.15) is 42.4 Å². The van der Waals surface area contributed by atoms with Crippen molar-refractivity contribution in [1.29, 1.82) is 0 Å². The number of amides is 1. The number of piperidine rings is 1. The first-order valence-corrected chi connectivity index (χ1v) is 11.3. The summed E-state index contributed by atoms with van der Waals surface area (Å²) in [6, 6.07) is 7.26. The minimum atomic E-state index is -3.40. The third-order valence-corrected chi connectivity index (χ3v) is 7.13. The van der Waals surface area contributed by atoms with Gasteiger partial charge in [0, 0.05) is 25.2 Å². The zero-order valence-electron chi connectivity index (χ0n) is 17.0. The lowest BCUT2D eigenvalue weighted by molar-refractivity contribution is 0.0950. The molecule has 29 heavy (non-hydrogen) atoms. The number of ether oxygens (including phenoxy) is 1. The van der Waals surface area contributed by atoms with E-state index < -0.39 is 15.9 Å². The highest BCUT2D eigenvalue weighted by Gasteiger charge is 2.29. The van der Waals surface area contributed by atoms with Gasteiger partial charge in [-0.3, -0.25) is 4.79 Å². The lowest BCUT2D eigenvalue weighted by Crippen LogP contribution is -2.45. The Hall–Kier alpha value is -2.46. The highest BCUT2D eigenvalue weighted by molar-refractivity contribution is 7.89. The maximum absolute atomic E-state index is 12.6. The van der Waals surface area contributed by atoms with Crippen LogP contribution in [0.5, 0.6) is 5.75 Å². The molecular weight excluding hydrogens is 394 g/mol. The first kappa shape index (κ1) is 21.3. The van der Waals surface area contributed by atoms with Crippen molar-refractivity contribution in [1.82, 2.24) is 24.6 Å². The molecule has 10 heteroatoms. The predicted octanol–water partition coefficient (Wildman–Crippen LogP) is 1.52. The number of nitrogens with zero attached hydrogens (tertiary/aromatic N) is 4. The molecule has 1 N–H and O–H groups in total. The van der Waals surface area contributed by atoms with Crippen molar-refractivity contribution in [2.75, 3.05) is 26.0 Å². The van der Waals surface area contributed by atoms with E-state index in [0.29, 0.717) is 18.0 Å². The Morgan fingerprint density at radius 1 is 1.34 bits per heavy atom. The molecule has 0 spiro atoms. The standard InChI is InChI=1S/C19H27N5O4S/c1-14-7-4-5-11-23(14)29(26,27)12-10-20-19(25)18-15(2)24(22-21-18)16-8-6-9-17(13-16)28-3/h6,8-9,13-14H,4-5,7,10-12H2,1-3H3,(H,20,25). The predicted molar refractivity (Wildman–Crippen MR) is 109 cm³/mol. The molecule has 1 aromatic heterocycles. The number of carbonyl (C=O) groups excluding carboxylic acids is 1. The molecule has 1 aliphatic heterocycles. The normalized spacial score (nSPS) is 17.8. The summed E-state index contributed by atoms with van der Waals surface area (Å²) >= 11 is 0. The van der Waals surface area contributed by atoms with Gasteiger partial charge in [0.1, 0.15) is 5.75 Å². The van der Waals surface area contributed by atoms with Crippen LogP contribution < -0.4 is 10.1 Å². The molecular formula is C19H27N5O4S. The second kappa shape index (κ2) is 8.91. The second-order valence-electron chi connectivity index (χ2n) is 7.16. The highest BCUT2D eigenvalue weighted by Crippen LogP contribution is 2.20. The molecule has 3 rings (SSSR count). The third kappa shape index (κ3) is 4.76. The van der Waals surface area contributed by atoms with Crippen LogP contribution in [-0.2, 0) is 10.0 Å². The SMILES string of the molecule is COc1cccc(-n2nnc(C(=O)NCCS(=O)(=O)N3CCCCC3C)c2C)c1. The summed E-state index contributed by atoms with van der Waals surface area (Å²) in [6.07, 6.45) is 2.80. The Morgan fingerprint density at radius 2 is 2.14 bits per heavy atom. The van der Waals surface area contributed by atoms with Gasteiger partial charge in [0.15, 0.2) is 5.69 Å². The van der Waals surface area contributed by atoms with E-state index in [0.717, 1.165) is 24.9 Å². The molecule has 1 aromatic carbocycles. The van der Waals surface area contributed by atoms with Crippen LogP contribution in [0.2, 0.25) is 0 Å². The molecule has 158 valence electrons. The van der Waals surface area contributed by atoms with Crippen LogP contribution >= 0.6 is 0 Å². The van der Waals surface area contributed by atoms with E-state index >= 15 is 0 Å². The lowest BCUT2D eigenvalue weighted by Gasteiger charge is -2.32. The Kier molecular flexibility index (Phi) is 6.53. The highest BCUT2D eigenvalue weighted by atomic mass is 32.2. The number of benzene rings is 1. The first-order chi connectivity index (χ1) is 13.8. The Labute approximate surface area is 171 Å². The van der Waals surface area contributed by atoms with Gasteiger partial charge in [0.05, 0.1) is 24.2 Å². The molecule has 1 aliphatic rings. The first-order valence-electron chi connectivity index (χ1n) is 9.68. The molecule has 1 atom stereocenters. The second-order valence-corrected chi connectivity index (χ2v) is 9.21. The van der Waals surface area contributed by atoms with Gasteiger partial charge in [-0.2, -0.15) is 4.31 Å². The summed E-state index contributed by atoms with van der Waals surface area (Å²) in [4.78, 5) is 12.5. The molecule has 1 unspecified atom stereocenters. The molecule has 0 aliphatic carbocycles. The van der Waals surface area contributed by atoms with Crippen molar-refractivity contribution in [3.05, 3.63) is 35.7 Å². The van der Waals surface area contributed by atoms with Crippen LogP contribution in [0.15, 0.2) is 24.3 Å². The van der Waals surface area contributed by atoms with Crippen LogP contribution in [0, 0.1) is 6.92 Å². The number of aromatic nitrogens is 3. The quantitative estimate of drug-likeness (QED) is 0.726. The number of methoxy groups -OCH3 is 1. The number of rotatable bonds is 7. The number of hydrogen-bond donors (Lipinski definition) is 1. The van der Waals surface area contributed by atoms with E-state index in [2.05, 4.69) is 15.6 Å². The van der Waals surface area contributed by atoms with Crippen molar-refractivity contribution in [2.24, 2.45) is 0 Å². The topological polar surface area (TPSA) is 106 Å². The number of hydrogen-bond acceptors (Lipinski definition) is 6. The van der Waals surface area contributed by atoms with Gasteiger partial charge in [-0.1, -0.05) is 17.7 Å². The largest absolute Gasteiger partial charge is 0.497 e. The fourth-order valence-corrected chi connectivity index (χ4v) is 5.16. The van der Waals surface area contributed by atoms with E-state index in [4.69, 9.17) is 4.74 Å². The lowest BCUT2D eigenvalue weighted by atomic mass is 10.1. The summed E-state index contributed by atoms with van der Waals surface area (Å²) in [7, 11) is -1.83. The maximum atomic E-state index is 12.6. The zero-order chi connectivity index (χ0) is 21.0. The van der Waals surface area contributed by atoms with Crippen LogP contribution in [-0.4, -0.2) is 65.6 Å². The Balaban J connectivity index is 1.63. The van der Waals surface area contributed by atoms with Crippen molar-refractivity contribution in [3.63, 3.8) is 0 Å².